The Kier molecular flexibility index (Phi) is 7.99. The van der Waals surface area contributed by atoms with Gasteiger partial charge in [-0.1, -0.05) is 30.3 Å². The number of rotatable bonds is 6. The summed E-state index contributed by atoms with van der Waals surface area (Å²) < 4.78 is 5.68. The minimum absolute atomic E-state index is 0.0146. The first kappa shape index (κ1) is 24.3. The molecule has 0 saturated carbocycles. The fraction of sp³-hybridized carbons (Fsp3) is 0.593. The van der Waals surface area contributed by atoms with Crippen molar-refractivity contribution < 1.29 is 4.74 Å². The summed E-state index contributed by atoms with van der Waals surface area (Å²) in [5.41, 5.74) is 1.36. The molecule has 35 heavy (non-hydrogen) atoms. The molecule has 3 aliphatic heterocycles. The second kappa shape index (κ2) is 11.5. The van der Waals surface area contributed by atoms with Crippen molar-refractivity contribution in [3.63, 3.8) is 0 Å². The monoisotopic (exact) mass is 494 g/mol. The molecule has 0 spiro atoms. The second-order valence-electron chi connectivity index (χ2n) is 10.1. The Balaban J connectivity index is 1.31. The van der Waals surface area contributed by atoms with E-state index in [0.29, 0.717) is 11.1 Å². The minimum atomic E-state index is 0.0146. The van der Waals surface area contributed by atoms with E-state index in [1.165, 1.54) is 44.1 Å². The van der Waals surface area contributed by atoms with Gasteiger partial charge in [-0.05, 0) is 69.1 Å². The fourth-order valence-electron chi connectivity index (χ4n) is 5.56. The Hall–Kier alpha value is -2.45. The Morgan fingerprint density at radius 3 is 2.00 bits per heavy atom. The van der Waals surface area contributed by atoms with Crippen molar-refractivity contribution in [2.75, 3.05) is 61.1 Å². The fourth-order valence-corrected chi connectivity index (χ4v) is 5.73. The van der Waals surface area contributed by atoms with Gasteiger partial charge in [0.15, 0.2) is 5.11 Å². The zero-order valence-electron chi connectivity index (χ0n) is 20.7. The van der Waals surface area contributed by atoms with Crippen LogP contribution in [0.1, 0.15) is 56.9 Å². The van der Waals surface area contributed by atoms with E-state index in [9.17, 15) is 0 Å². The molecule has 3 aliphatic rings. The van der Waals surface area contributed by atoms with Crippen molar-refractivity contribution in [3.8, 4) is 0 Å². The molecule has 0 bridgehead atoms. The molecule has 7 nitrogen and oxygen atoms in total. The van der Waals surface area contributed by atoms with Crippen LogP contribution in [0.4, 0.5) is 17.6 Å². The Labute approximate surface area is 214 Å². The number of thiocarbonyl (C=S) groups is 1. The van der Waals surface area contributed by atoms with Crippen molar-refractivity contribution in [3.05, 3.63) is 42.0 Å². The molecule has 188 valence electrons. The summed E-state index contributed by atoms with van der Waals surface area (Å²) in [6.07, 6.45) is 9.43. The Bertz CT molecular complexity index is 933. The lowest BCUT2D eigenvalue weighted by Crippen LogP contribution is -2.45. The third-order valence-corrected chi connectivity index (χ3v) is 7.95. The summed E-state index contributed by atoms with van der Waals surface area (Å²) in [7, 11) is 0. The third kappa shape index (κ3) is 6.04. The molecule has 0 radical (unpaired) electrons. The van der Waals surface area contributed by atoms with Crippen molar-refractivity contribution in [1.82, 2.24) is 15.3 Å². The lowest BCUT2D eigenvalue weighted by atomic mass is 9.74. The van der Waals surface area contributed by atoms with Crippen LogP contribution in [0.5, 0.6) is 0 Å². The van der Waals surface area contributed by atoms with Gasteiger partial charge in [-0.2, -0.15) is 9.97 Å². The smallest absolute Gasteiger partial charge is 0.232 e. The normalized spacial score (nSPS) is 20.3. The average molecular weight is 495 g/mol. The highest BCUT2D eigenvalue weighted by atomic mass is 32.1. The van der Waals surface area contributed by atoms with Gasteiger partial charge in [-0.15, -0.1) is 0 Å². The summed E-state index contributed by atoms with van der Waals surface area (Å²) in [4.78, 5) is 14.6. The Morgan fingerprint density at radius 2 is 1.43 bits per heavy atom. The highest BCUT2D eigenvalue weighted by molar-refractivity contribution is 7.80. The molecule has 3 fully saturated rings. The van der Waals surface area contributed by atoms with Crippen molar-refractivity contribution in [2.24, 2.45) is 0 Å². The maximum Gasteiger partial charge on any atom is 0.232 e. The predicted molar refractivity (Wildman–Crippen MR) is 147 cm³/mol. The zero-order chi connectivity index (χ0) is 23.9. The number of hydrogen-bond acceptors (Lipinski definition) is 6. The largest absolute Gasteiger partial charge is 0.381 e. The molecule has 1 aromatic carbocycles. The van der Waals surface area contributed by atoms with E-state index in [-0.39, 0.29) is 5.41 Å². The molecule has 1 aromatic heterocycles. The van der Waals surface area contributed by atoms with E-state index in [0.717, 1.165) is 70.4 Å². The molecule has 2 aromatic rings. The molecule has 0 atom stereocenters. The first-order valence-electron chi connectivity index (χ1n) is 13.3. The first-order chi connectivity index (χ1) is 17.2. The van der Waals surface area contributed by atoms with Crippen LogP contribution in [-0.2, 0) is 10.2 Å². The van der Waals surface area contributed by atoms with E-state index in [1.807, 2.05) is 0 Å². The second-order valence-corrected chi connectivity index (χ2v) is 10.5. The van der Waals surface area contributed by atoms with Crippen LogP contribution in [0.25, 0.3) is 0 Å². The lowest BCUT2D eigenvalue weighted by Gasteiger charge is -2.38. The zero-order valence-corrected chi connectivity index (χ0v) is 21.5. The van der Waals surface area contributed by atoms with Gasteiger partial charge in [-0.3, -0.25) is 0 Å². The highest BCUT2D eigenvalue weighted by Gasteiger charge is 2.34. The number of nitrogens with one attached hydrogen (secondary N) is 2. The van der Waals surface area contributed by atoms with E-state index >= 15 is 0 Å². The molecule has 0 amide bonds. The lowest BCUT2D eigenvalue weighted by molar-refractivity contribution is 0.0515. The molecular weight excluding hydrogens is 456 g/mol. The highest BCUT2D eigenvalue weighted by Crippen LogP contribution is 2.34. The topological polar surface area (TPSA) is 65.6 Å². The number of anilines is 3. The molecule has 0 aliphatic carbocycles. The quantitative estimate of drug-likeness (QED) is 0.570. The van der Waals surface area contributed by atoms with Crippen LogP contribution >= 0.6 is 12.2 Å². The summed E-state index contributed by atoms with van der Waals surface area (Å²) in [6.45, 7) is 6.53. The molecule has 0 unspecified atom stereocenters. The van der Waals surface area contributed by atoms with Gasteiger partial charge < -0.3 is 25.2 Å². The van der Waals surface area contributed by atoms with Gasteiger partial charge in [0.1, 0.15) is 11.6 Å². The maximum atomic E-state index is 5.74. The molecule has 8 heteroatoms. The SMILES string of the molecule is S=C(NCC1(c2ccccc2)CCOCC1)Nc1nc(N2CCCCC2)cc(N2CCCCC2)n1. The van der Waals surface area contributed by atoms with Crippen LogP contribution in [0.2, 0.25) is 0 Å². The van der Waals surface area contributed by atoms with Crippen molar-refractivity contribution in [2.45, 2.75) is 56.8 Å². The Morgan fingerprint density at radius 1 is 0.857 bits per heavy atom. The number of hydrogen-bond donors (Lipinski definition) is 2. The van der Waals surface area contributed by atoms with Gasteiger partial charge in [0, 0.05) is 57.4 Å². The van der Waals surface area contributed by atoms with Crippen LogP contribution in [0, 0.1) is 0 Å². The standard InChI is InChI=1S/C27H38N6OS/c35-26(28-21-27(12-18-34-19-13-27)22-10-4-1-5-11-22)31-25-29-23(32-14-6-2-7-15-32)20-24(30-25)33-16-8-3-9-17-33/h1,4-5,10-11,20H,2-3,6-9,12-19,21H2,(H2,28,29,30,31,35). The summed E-state index contributed by atoms with van der Waals surface area (Å²) >= 11 is 5.74. The predicted octanol–water partition coefficient (Wildman–Crippen LogP) is 4.49. The molecular formula is C27H38N6OS. The number of benzene rings is 1. The number of nitrogens with zero attached hydrogens (tertiary/aromatic N) is 4. The van der Waals surface area contributed by atoms with Crippen LogP contribution < -0.4 is 20.4 Å². The summed E-state index contributed by atoms with van der Waals surface area (Å²) in [6, 6.07) is 12.9. The van der Waals surface area contributed by atoms with Crippen molar-refractivity contribution in [1.29, 1.82) is 0 Å². The van der Waals surface area contributed by atoms with Crippen molar-refractivity contribution >= 4 is 34.9 Å². The van der Waals surface area contributed by atoms with E-state index in [2.05, 4.69) is 56.8 Å². The van der Waals surface area contributed by atoms with Gasteiger partial charge in [0.05, 0.1) is 0 Å². The molecule has 5 rings (SSSR count). The average Bonchev–Trinajstić information content (AvgIpc) is 2.94. The van der Waals surface area contributed by atoms with E-state index in [1.54, 1.807) is 0 Å². The van der Waals surface area contributed by atoms with E-state index in [4.69, 9.17) is 26.9 Å². The number of piperidine rings is 2. The summed E-state index contributed by atoms with van der Waals surface area (Å²) in [5.74, 6) is 2.61. The van der Waals surface area contributed by atoms with Crippen LogP contribution in [-0.4, -0.2) is 61.0 Å². The molecule has 3 saturated heterocycles. The molecule has 2 N–H and O–H groups in total. The minimum Gasteiger partial charge on any atom is -0.381 e. The van der Waals surface area contributed by atoms with Crippen LogP contribution in [0.3, 0.4) is 0 Å². The van der Waals surface area contributed by atoms with Gasteiger partial charge in [-0.25, -0.2) is 0 Å². The third-order valence-electron chi connectivity index (χ3n) is 7.71. The number of aromatic nitrogens is 2. The first-order valence-corrected chi connectivity index (χ1v) is 13.7. The summed E-state index contributed by atoms with van der Waals surface area (Å²) in [5, 5.41) is 7.39. The van der Waals surface area contributed by atoms with Gasteiger partial charge in [0.25, 0.3) is 0 Å². The van der Waals surface area contributed by atoms with Gasteiger partial charge in [0.2, 0.25) is 5.95 Å². The maximum absolute atomic E-state index is 5.74. The van der Waals surface area contributed by atoms with E-state index < -0.39 is 0 Å². The van der Waals surface area contributed by atoms with Gasteiger partial charge >= 0.3 is 0 Å². The van der Waals surface area contributed by atoms with Crippen LogP contribution in [0.15, 0.2) is 36.4 Å². The number of ether oxygens (including phenoxy) is 1. The molecule has 4 heterocycles.